The Morgan fingerprint density at radius 3 is 2.51 bits per heavy atom. The summed E-state index contributed by atoms with van der Waals surface area (Å²) in [6, 6.07) is 19.3. The molecule has 0 radical (unpaired) electrons. The van der Waals surface area contributed by atoms with Crippen LogP contribution in [0.1, 0.15) is 44.8 Å². The zero-order chi connectivity index (χ0) is 23.8. The van der Waals surface area contributed by atoms with Crippen molar-refractivity contribution in [1.82, 2.24) is 14.9 Å². The lowest BCUT2D eigenvalue weighted by molar-refractivity contribution is 0.0695. The predicted molar refractivity (Wildman–Crippen MR) is 142 cm³/mol. The number of thiophene rings is 1. The molecule has 6 heteroatoms. The third-order valence-corrected chi connectivity index (χ3v) is 8.79. The van der Waals surface area contributed by atoms with Gasteiger partial charge < -0.3 is 9.80 Å². The molecule has 2 aliphatic heterocycles. The molecule has 1 amide bonds. The fraction of sp³-hybridized carbons (Fsp3) is 0.345. The molecule has 2 aromatic carbocycles. The van der Waals surface area contributed by atoms with Crippen LogP contribution in [0.15, 0.2) is 60.9 Å². The third kappa shape index (κ3) is 4.31. The molecule has 0 saturated carbocycles. The molecule has 0 N–H and O–H groups in total. The van der Waals surface area contributed by atoms with Gasteiger partial charge in [0.1, 0.15) is 17.0 Å². The average Bonchev–Trinajstić information content (AvgIpc) is 3.25. The summed E-state index contributed by atoms with van der Waals surface area (Å²) in [7, 11) is 0. The lowest BCUT2D eigenvalue weighted by atomic mass is 9.90. The molecule has 6 rings (SSSR count). The van der Waals surface area contributed by atoms with E-state index in [0.29, 0.717) is 5.92 Å². The van der Waals surface area contributed by atoms with Gasteiger partial charge in [-0.05, 0) is 60.8 Å². The van der Waals surface area contributed by atoms with Gasteiger partial charge in [0.2, 0.25) is 0 Å². The minimum absolute atomic E-state index is 0.151. The van der Waals surface area contributed by atoms with Crippen molar-refractivity contribution < 1.29 is 4.79 Å². The van der Waals surface area contributed by atoms with E-state index in [9.17, 15) is 4.79 Å². The van der Waals surface area contributed by atoms with Crippen LogP contribution in [-0.2, 0) is 19.4 Å². The summed E-state index contributed by atoms with van der Waals surface area (Å²) in [5.74, 6) is 1.75. The molecule has 0 aliphatic carbocycles. The van der Waals surface area contributed by atoms with E-state index in [0.717, 1.165) is 78.3 Å². The number of hydrogen-bond donors (Lipinski definition) is 0. The summed E-state index contributed by atoms with van der Waals surface area (Å²) in [5, 5.41) is 1.04. The maximum Gasteiger partial charge on any atom is 0.264 e. The number of hydrogen-bond acceptors (Lipinski definition) is 5. The minimum Gasteiger partial charge on any atom is -0.351 e. The van der Waals surface area contributed by atoms with Gasteiger partial charge in [-0.2, -0.15) is 0 Å². The molecule has 0 atom stereocenters. The number of anilines is 1. The van der Waals surface area contributed by atoms with Gasteiger partial charge in [0, 0.05) is 26.2 Å². The molecule has 4 aromatic rings. The quantitative estimate of drug-likeness (QED) is 0.377. The van der Waals surface area contributed by atoms with Crippen LogP contribution in [0.25, 0.3) is 10.2 Å². The normalized spacial score (nSPS) is 16.5. The van der Waals surface area contributed by atoms with Crippen LogP contribution in [0, 0.1) is 12.8 Å². The van der Waals surface area contributed by atoms with Gasteiger partial charge in [0.25, 0.3) is 5.91 Å². The number of aromatic nitrogens is 2. The van der Waals surface area contributed by atoms with Crippen molar-refractivity contribution >= 4 is 33.3 Å². The second-order valence-corrected chi connectivity index (χ2v) is 10.8. The molecule has 0 spiro atoms. The van der Waals surface area contributed by atoms with Crippen LogP contribution in [-0.4, -0.2) is 40.4 Å². The van der Waals surface area contributed by atoms with E-state index >= 15 is 0 Å². The molecule has 178 valence electrons. The Labute approximate surface area is 210 Å². The summed E-state index contributed by atoms with van der Waals surface area (Å²) < 4.78 is 0. The first-order chi connectivity index (χ1) is 17.2. The first-order valence-corrected chi connectivity index (χ1v) is 13.4. The number of likely N-dealkylation sites (tertiary alicyclic amines) is 1. The summed E-state index contributed by atoms with van der Waals surface area (Å²) in [4.78, 5) is 29.0. The Morgan fingerprint density at radius 1 is 0.971 bits per heavy atom. The molecule has 5 nitrogen and oxygen atoms in total. The largest absolute Gasteiger partial charge is 0.351 e. The zero-order valence-electron chi connectivity index (χ0n) is 20.1. The number of fused-ring (bicyclic) bond motifs is 2. The summed E-state index contributed by atoms with van der Waals surface area (Å²) in [6.07, 6.45) is 5.88. The van der Waals surface area contributed by atoms with Crippen LogP contribution < -0.4 is 4.90 Å². The summed E-state index contributed by atoms with van der Waals surface area (Å²) in [5.41, 5.74) is 5.19. The van der Waals surface area contributed by atoms with Crippen molar-refractivity contribution in [2.75, 3.05) is 24.5 Å². The fourth-order valence-electron chi connectivity index (χ4n) is 5.60. The number of rotatable bonds is 4. The highest BCUT2D eigenvalue weighted by Crippen LogP contribution is 2.37. The van der Waals surface area contributed by atoms with Crippen molar-refractivity contribution in [2.45, 2.75) is 39.2 Å². The van der Waals surface area contributed by atoms with Crippen LogP contribution >= 0.6 is 11.3 Å². The molecular formula is C29H30N4OS. The number of piperidine rings is 1. The Hall–Kier alpha value is -3.25. The molecule has 4 heterocycles. The van der Waals surface area contributed by atoms with Gasteiger partial charge in [0.15, 0.2) is 0 Å². The van der Waals surface area contributed by atoms with Crippen LogP contribution in [0.5, 0.6) is 0 Å². The number of aryl methyl sites for hydroxylation is 1. The second-order valence-electron chi connectivity index (χ2n) is 9.80. The summed E-state index contributed by atoms with van der Waals surface area (Å²) in [6.45, 7) is 5.49. The molecule has 1 fully saturated rings. The lowest BCUT2D eigenvalue weighted by Crippen LogP contribution is -2.38. The highest BCUT2D eigenvalue weighted by atomic mass is 32.1. The van der Waals surface area contributed by atoms with E-state index in [1.165, 1.54) is 28.0 Å². The first kappa shape index (κ1) is 22.2. The molecular weight excluding hydrogens is 452 g/mol. The third-order valence-electron chi connectivity index (χ3n) is 7.60. The minimum atomic E-state index is 0.151. The Morgan fingerprint density at radius 2 is 1.71 bits per heavy atom. The van der Waals surface area contributed by atoms with Gasteiger partial charge in [-0.25, -0.2) is 9.97 Å². The zero-order valence-corrected chi connectivity index (χ0v) is 20.9. The van der Waals surface area contributed by atoms with Crippen molar-refractivity contribution in [3.63, 3.8) is 0 Å². The van der Waals surface area contributed by atoms with E-state index in [1.807, 2.05) is 4.90 Å². The summed E-state index contributed by atoms with van der Waals surface area (Å²) >= 11 is 1.52. The van der Waals surface area contributed by atoms with E-state index < -0.39 is 0 Å². The highest BCUT2D eigenvalue weighted by molar-refractivity contribution is 7.20. The molecule has 2 aliphatic rings. The second kappa shape index (κ2) is 9.42. The van der Waals surface area contributed by atoms with Crippen molar-refractivity contribution in [2.24, 2.45) is 5.92 Å². The number of nitrogens with zero attached hydrogens (tertiary/aromatic N) is 4. The van der Waals surface area contributed by atoms with Gasteiger partial charge in [-0.15, -0.1) is 11.3 Å². The molecule has 2 aromatic heterocycles. The average molecular weight is 483 g/mol. The fourth-order valence-corrected chi connectivity index (χ4v) is 6.72. The molecule has 1 saturated heterocycles. The smallest absolute Gasteiger partial charge is 0.264 e. The Balaban J connectivity index is 1.21. The standard InChI is InChI=1S/C29H30N4OS/c1-20-25-27(33-16-13-23-9-5-6-10-24(23)18-33)30-19-31-28(25)35-26(20)29(34)32-14-11-22(12-15-32)17-21-7-3-2-4-8-21/h2-10,19,22H,11-18H2,1H3. The van der Waals surface area contributed by atoms with Crippen LogP contribution in [0.2, 0.25) is 0 Å². The maximum absolute atomic E-state index is 13.6. The molecule has 0 unspecified atom stereocenters. The number of carbonyl (C=O) groups is 1. The monoisotopic (exact) mass is 482 g/mol. The van der Waals surface area contributed by atoms with E-state index in [2.05, 4.69) is 71.4 Å². The van der Waals surface area contributed by atoms with Crippen LogP contribution in [0.3, 0.4) is 0 Å². The molecule has 0 bridgehead atoms. The van der Waals surface area contributed by atoms with E-state index in [1.54, 1.807) is 6.33 Å². The van der Waals surface area contributed by atoms with Gasteiger partial charge in [0.05, 0.1) is 10.3 Å². The van der Waals surface area contributed by atoms with E-state index in [4.69, 9.17) is 4.98 Å². The highest BCUT2D eigenvalue weighted by Gasteiger charge is 2.29. The maximum atomic E-state index is 13.6. The Kier molecular flexibility index (Phi) is 5.98. The van der Waals surface area contributed by atoms with Gasteiger partial charge >= 0.3 is 0 Å². The van der Waals surface area contributed by atoms with Crippen molar-refractivity contribution in [1.29, 1.82) is 0 Å². The predicted octanol–water partition coefficient (Wildman–Crippen LogP) is 5.66. The Bertz CT molecular complexity index is 1360. The van der Waals surface area contributed by atoms with Crippen molar-refractivity contribution in [3.8, 4) is 0 Å². The number of carbonyl (C=O) groups excluding carboxylic acids is 1. The van der Waals surface area contributed by atoms with Gasteiger partial charge in [-0.3, -0.25) is 4.79 Å². The molecule has 35 heavy (non-hydrogen) atoms. The topological polar surface area (TPSA) is 49.3 Å². The van der Waals surface area contributed by atoms with Gasteiger partial charge in [-0.1, -0.05) is 54.6 Å². The van der Waals surface area contributed by atoms with E-state index in [-0.39, 0.29) is 5.91 Å². The first-order valence-electron chi connectivity index (χ1n) is 12.6. The van der Waals surface area contributed by atoms with Crippen LogP contribution in [0.4, 0.5) is 5.82 Å². The lowest BCUT2D eigenvalue weighted by Gasteiger charge is -2.32. The number of amides is 1. The van der Waals surface area contributed by atoms with Crippen molar-refractivity contribution in [3.05, 3.63) is 88.1 Å². The number of benzene rings is 2. The SMILES string of the molecule is Cc1c(C(=O)N2CCC(Cc3ccccc3)CC2)sc2ncnc(N3CCc4ccccc4C3)c12.